The Morgan fingerprint density at radius 3 is 2.62 bits per heavy atom. The molecule has 0 heterocycles. The van der Waals surface area contributed by atoms with Crippen molar-refractivity contribution in [3.8, 4) is 0 Å². The van der Waals surface area contributed by atoms with Gasteiger partial charge < -0.3 is 5.32 Å². The van der Waals surface area contributed by atoms with Gasteiger partial charge in [-0.25, -0.2) is 13.1 Å². The SMILES string of the molecule is CNCc1cc(Cl)cc(S(=O)(=O)NC(C)CC2CC2)c1C. The second kappa shape index (κ2) is 6.65. The summed E-state index contributed by atoms with van der Waals surface area (Å²) < 4.78 is 27.9. The van der Waals surface area contributed by atoms with Crippen molar-refractivity contribution in [2.24, 2.45) is 5.92 Å². The van der Waals surface area contributed by atoms with Crippen molar-refractivity contribution in [1.29, 1.82) is 0 Å². The molecule has 6 heteroatoms. The maximum Gasteiger partial charge on any atom is 0.241 e. The summed E-state index contributed by atoms with van der Waals surface area (Å²) in [4.78, 5) is 0.280. The van der Waals surface area contributed by atoms with Gasteiger partial charge in [-0.05, 0) is 56.5 Å². The first-order chi connectivity index (χ1) is 9.83. The molecule has 1 aliphatic carbocycles. The summed E-state index contributed by atoms with van der Waals surface area (Å²) in [5.74, 6) is 0.683. The molecule has 1 fully saturated rings. The van der Waals surface area contributed by atoms with Gasteiger partial charge in [-0.3, -0.25) is 0 Å². The number of rotatable bonds is 7. The van der Waals surface area contributed by atoms with Gasteiger partial charge in [0.15, 0.2) is 0 Å². The van der Waals surface area contributed by atoms with Gasteiger partial charge in [-0.1, -0.05) is 24.4 Å². The van der Waals surface area contributed by atoms with Gasteiger partial charge in [0.05, 0.1) is 4.90 Å². The molecule has 1 unspecified atom stereocenters. The number of nitrogens with one attached hydrogen (secondary N) is 2. The first kappa shape index (κ1) is 16.7. The van der Waals surface area contributed by atoms with Gasteiger partial charge in [0, 0.05) is 17.6 Å². The lowest BCUT2D eigenvalue weighted by Crippen LogP contribution is -2.33. The smallest absolute Gasteiger partial charge is 0.241 e. The lowest BCUT2D eigenvalue weighted by molar-refractivity contribution is 0.529. The first-order valence-electron chi connectivity index (χ1n) is 7.29. The van der Waals surface area contributed by atoms with E-state index in [2.05, 4.69) is 10.0 Å². The highest BCUT2D eigenvalue weighted by Gasteiger charge is 2.27. The monoisotopic (exact) mass is 330 g/mol. The van der Waals surface area contributed by atoms with Crippen molar-refractivity contribution < 1.29 is 8.42 Å². The van der Waals surface area contributed by atoms with E-state index >= 15 is 0 Å². The van der Waals surface area contributed by atoms with E-state index in [0.717, 1.165) is 17.5 Å². The lowest BCUT2D eigenvalue weighted by atomic mass is 10.1. The van der Waals surface area contributed by atoms with E-state index in [1.807, 2.05) is 20.9 Å². The van der Waals surface area contributed by atoms with Crippen molar-refractivity contribution in [1.82, 2.24) is 10.0 Å². The van der Waals surface area contributed by atoms with Crippen molar-refractivity contribution in [3.05, 3.63) is 28.3 Å². The zero-order chi connectivity index (χ0) is 15.6. The molecular weight excluding hydrogens is 308 g/mol. The summed E-state index contributed by atoms with van der Waals surface area (Å²) >= 11 is 6.07. The molecule has 0 aromatic heterocycles. The second-order valence-corrected chi connectivity index (χ2v) is 8.04. The summed E-state index contributed by atoms with van der Waals surface area (Å²) in [6.45, 7) is 4.33. The lowest BCUT2D eigenvalue weighted by Gasteiger charge is -2.17. The minimum Gasteiger partial charge on any atom is -0.316 e. The van der Waals surface area contributed by atoms with Crippen molar-refractivity contribution >= 4 is 21.6 Å². The van der Waals surface area contributed by atoms with Gasteiger partial charge in [-0.15, -0.1) is 0 Å². The highest BCUT2D eigenvalue weighted by atomic mass is 35.5. The van der Waals surface area contributed by atoms with Crippen LogP contribution in [0.5, 0.6) is 0 Å². The predicted molar refractivity (Wildman–Crippen MR) is 86.1 cm³/mol. The third-order valence-corrected chi connectivity index (χ3v) is 5.76. The molecule has 1 aliphatic rings. The number of sulfonamides is 1. The Bertz CT molecular complexity index is 612. The van der Waals surface area contributed by atoms with Crippen LogP contribution in [0.25, 0.3) is 0 Å². The fourth-order valence-electron chi connectivity index (χ4n) is 2.59. The van der Waals surface area contributed by atoms with Gasteiger partial charge in [-0.2, -0.15) is 0 Å². The van der Waals surface area contributed by atoms with Crippen molar-refractivity contribution in [3.63, 3.8) is 0 Å². The molecule has 0 spiro atoms. The fourth-order valence-corrected chi connectivity index (χ4v) is 4.47. The summed E-state index contributed by atoms with van der Waals surface area (Å²) in [5, 5.41) is 3.48. The minimum atomic E-state index is -3.53. The van der Waals surface area contributed by atoms with Crippen molar-refractivity contribution in [2.75, 3.05) is 7.05 Å². The first-order valence-corrected chi connectivity index (χ1v) is 9.15. The topological polar surface area (TPSA) is 58.2 Å². The number of benzene rings is 1. The van der Waals surface area contributed by atoms with Crippen LogP contribution in [0.2, 0.25) is 5.02 Å². The quantitative estimate of drug-likeness (QED) is 0.808. The average molecular weight is 331 g/mol. The maximum absolute atomic E-state index is 12.6. The Hall–Kier alpha value is -0.620. The van der Waals surface area contributed by atoms with Gasteiger partial charge >= 0.3 is 0 Å². The van der Waals surface area contributed by atoms with Crippen LogP contribution in [-0.4, -0.2) is 21.5 Å². The Morgan fingerprint density at radius 1 is 1.38 bits per heavy atom. The molecular formula is C15H23ClN2O2S. The van der Waals surface area contributed by atoms with Crippen LogP contribution >= 0.6 is 11.6 Å². The van der Waals surface area contributed by atoms with E-state index in [4.69, 9.17) is 11.6 Å². The second-order valence-electron chi connectivity index (χ2n) is 5.92. The van der Waals surface area contributed by atoms with E-state index in [0.29, 0.717) is 17.5 Å². The van der Waals surface area contributed by atoms with Gasteiger partial charge in [0.25, 0.3) is 0 Å². The summed E-state index contributed by atoms with van der Waals surface area (Å²) in [7, 11) is -1.71. The van der Waals surface area contributed by atoms with E-state index in [-0.39, 0.29) is 10.9 Å². The maximum atomic E-state index is 12.6. The Morgan fingerprint density at radius 2 is 2.05 bits per heavy atom. The molecule has 118 valence electrons. The largest absolute Gasteiger partial charge is 0.316 e. The molecule has 0 bridgehead atoms. The van der Waals surface area contributed by atoms with Gasteiger partial charge in [0.1, 0.15) is 0 Å². The minimum absolute atomic E-state index is 0.0476. The van der Waals surface area contributed by atoms with E-state index < -0.39 is 10.0 Å². The Labute approximate surface area is 132 Å². The van der Waals surface area contributed by atoms with Crippen LogP contribution in [0.15, 0.2) is 17.0 Å². The van der Waals surface area contributed by atoms with Crippen LogP contribution in [0, 0.1) is 12.8 Å². The molecule has 0 radical (unpaired) electrons. The molecule has 1 saturated carbocycles. The molecule has 4 nitrogen and oxygen atoms in total. The van der Waals surface area contributed by atoms with Crippen LogP contribution in [0.3, 0.4) is 0 Å². The van der Waals surface area contributed by atoms with E-state index in [1.54, 1.807) is 6.07 Å². The molecule has 2 N–H and O–H groups in total. The van der Waals surface area contributed by atoms with Gasteiger partial charge in [0.2, 0.25) is 10.0 Å². The molecule has 0 saturated heterocycles. The predicted octanol–water partition coefficient (Wildman–Crippen LogP) is 2.83. The standard InChI is InChI=1S/C15H23ClN2O2S/c1-10(6-12-4-5-12)18-21(19,20)15-8-14(16)7-13(9-17-3)11(15)2/h7-8,10,12,17-18H,4-6,9H2,1-3H3. The summed E-state index contributed by atoms with van der Waals surface area (Å²) in [6, 6.07) is 3.29. The van der Waals surface area contributed by atoms with E-state index in [9.17, 15) is 8.42 Å². The van der Waals surface area contributed by atoms with Crippen LogP contribution < -0.4 is 10.0 Å². The number of halogens is 1. The molecule has 1 aromatic carbocycles. The molecule has 1 atom stereocenters. The van der Waals surface area contributed by atoms with Crippen LogP contribution in [0.4, 0.5) is 0 Å². The average Bonchev–Trinajstić information content (AvgIpc) is 3.16. The summed E-state index contributed by atoms with van der Waals surface area (Å²) in [6.07, 6.45) is 3.34. The van der Waals surface area contributed by atoms with Crippen molar-refractivity contribution in [2.45, 2.75) is 50.6 Å². The molecule has 2 rings (SSSR count). The normalized spacial score (nSPS) is 17.0. The van der Waals surface area contributed by atoms with Crippen LogP contribution in [-0.2, 0) is 16.6 Å². The molecule has 0 aliphatic heterocycles. The Kier molecular flexibility index (Phi) is 5.30. The fraction of sp³-hybridized carbons (Fsp3) is 0.600. The highest BCUT2D eigenvalue weighted by molar-refractivity contribution is 7.89. The third-order valence-electron chi connectivity index (χ3n) is 3.83. The highest BCUT2D eigenvalue weighted by Crippen LogP contribution is 2.34. The number of hydrogen-bond donors (Lipinski definition) is 2. The summed E-state index contributed by atoms with van der Waals surface area (Å²) in [5.41, 5.74) is 1.65. The number of hydrogen-bond acceptors (Lipinski definition) is 3. The van der Waals surface area contributed by atoms with Crippen LogP contribution in [0.1, 0.15) is 37.3 Å². The molecule has 1 aromatic rings. The molecule has 0 amide bonds. The molecule has 21 heavy (non-hydrogen) atoms. The zero-order valence-electron chi connectivity index (χ0n) is 12.7. The third kappa shape index (κ3) is 4.42. The Balaban J connectivity index is 2.25. The zero-order valence-corrected chi connectivity index (χ0v) is 14.3. The van der Waals surface area contributed by atoms with E-state index in [1.165, 1.54) is 18.9 Å².